The molecule has 0 atom stereocenters. The zero-order valence-corrected chi connectivity index (χ0v) is 31.2. The van der Waals surface area contributed by atoms with E-state index in [4.69, 9.17) is 0 Å². The molecule has 0 radical (unpaired) electrons. The molecule has 0 spiro atoms. The summed E-state index contributed by atoms with van der Waals surface area (Å²) in [4.78, 5) is 2.34. The van der Waals surface area contributed by atoms with Gasteiger partial charge in [-0.15, -0.1) is 0 Å². The molecule has 0 fully saturated rings. The topological polar surface area (TPSA) is 3.24 Å². The van der Waals surface area contributed by atoms with Gasteiger partial charge in [-0.25, -0.2) is 0 Å². The fourth-order valence-corrected chi connectivity index (χ4v) is 6.97. The first kappa shape index (κ1) is 35.7. The molecular weight excluding hydrogens is 651 g/mol. The molecule has 0 heterocycles. The highest BCUT2D eigenvalue weighted by atomic mass is 15.1. The van der Waals surface area contributed by atoms with E-state index >= 15 is 0 Å². The van der Waals surface area contributed by atoms with Crippen molar-refractivity contribution in [3.8, 4) is 22.3 Å². The van der Waals surface area contributed by atoms with Crippen LogP contribution in [0.4, 0.5) is 17.1 Å². The van der Waals surface area contributed by atoms with E-state index in [2.05, 4.69) is 208 Å². The van der Waals surface area contributed by atoms with Gasteiger partial charge in [-0.2, -0.15) is 0 Å². The maximum atomic E-state index is 2.38. The van der Waals surface area contributed by atoms with E-state index in [-0.39, 0.29) is 0 Å². The lowest BCUT2D eigenvalue weighted by atomic mass is 9.85. The maximum Gasteiger partial charge on any atom is 0.0468 e. The normalized spacial score (nSPS) is 10.5. The van der Waals surface area contributed by atoms with Crippen molar-refractivity contribution in [3.05, 3.63) is 235 Å². The van der Waals surface area contributed by atoms with Crippen LogP contribution < -0.4 is 4.90 Å². The third-order valence-electron chi connectivity index (χ3n) is 9.55. The molecule has 0 aliphatic rings. The quantitative estimate of drug-likeness (QED) is 0.162. The average Bonchev–Trinajstić information content (AvgIpc) is 3.22. The SMILES string of the molecule is Cc1ccc2c(-c3ccccc3)c3cc(N(c4ccccc4)c4ccccc4)ccc3c(-c3ccccc3)c2c1.Cc1ccccc1.Cc1ccccc1. The van der Waals surface area contributed by atoms with Gasteiger partial charge in [0.15, 0.2) is 0 Å². The second-order valence-electron chi connectivity index (χ2n) is 13.6. The van der Waals surface area contributed by atoms with E-state index < -0.39 is 0 Å². The fraction of sp³-hybridized carbons (Fsp3) is 0.0566. The van der Waals surface area contributed by atoms with Crippen LogP contribution in [0.3, 0.4) is 0 Å². The van der Waals surface area contributed by atoms with Gasteiger partial charge in [-0.05, 0) is 101 Å². The van der Waals surface area contributed by atoms with Crippen molar-refractivity contribution in [2.75, 3.05) is 4.90 Å². The van der Waals surface area contributed by atoms with Crippen molar-refractivity contribution in [1.29, 1.82) is 0 Å². The number of hydrogen-bond acceptors (Lipinski definition) is 1. The van der Waals surface area contributed by atoms with Crippen LogP contribution in [0.2, 0.25) is 0 Å². The summed E-state index contributed by atoms with van der Waals surface area (Å²) in [7, 11) is 0. The second-order valence-corrected chi connectivity index (χ2v) is 13.6. The average molecular weight is 696 g/mol. The van der Waals surface area contributed by atoms with Crippen LogP contribution in [-0.2, 0) is 0 Å². The van der Waals surface area contributed by atoms with Gasteiger partial charge in [-0.3, -0.25) is 0 Å². The highest BCUT2D eigenvalue weighted by molar-refractivity contribution is 6.22. The molecule has 262 valence electrons. The number of benzene rings is 9. The molecule has 9 aromatic carbocycles. The fourth-order valence-electron chi connectivity index (χ4n) is 6.97. The lowest BCUT2D eigenvalue weighted by Crippen LogP contribution is -2.09. The van der Waals surface area contributed by atoms with Gasteiger partial charge in [0, 0.05) is 17.1 Å². The number of rotatable bonds is 5. The predicted octanol–water partition coefficient (Wildman–Crippen LogP) is 15.1. The van der Waals surface area contributed by atoms with Crippen molar-refractivity contribution in [3.63, 3.8) is 0 Å². The Morgan fingerprint density at radius 1 is 0.259 bits per heavy atom. The molecule has 0 saturated carbocycles. The monoisotopic (exact) mass is 695 g/mol. The Labute approximate surface area is 320 Å². The molecule has 1 nitrogen and oxygen atoms in total. The molecule has 0 aliphatic carbocycles. The Morgan fingerprint density at radius 3 is 1.00 bits per heavy atom. The highest BCUT2D eigenvalue weighted by Gasteiger charge is 2.19. The molecule has 1 heteroatoms. The van der Waals surface area contributed by atoms with Crippen molar-refractivity contribution < 1.29 is 0 Å². The summed E-state index contributed by atoms with van der Waals surface area (Å²) in [5.41, 5.74) is 12.3. The minimum Gasteiger partial charge on any atom is -0.310 e. The Kier molecular flexibility index (Phi) is 11.4. The van der Waals surface area contributed by atoms with Crippen LogP contribution in [0.25, 0.3) is 43.8 Å². The molecule has 54 heavy (non-hydrogen) atoms. The molecule has 9 rings (SSSR count). The number of hydrogen-bond donors (Lipinski definition) is 0. The van der Waals surface area contributed by atoms with Gasteiger partial charge >= 0.3 is 0 Å². The van der Waals surface area contributed by atoms with Crippen LogP contribution in [0.5, 0.6) is 0 Å². The molecule has 0 aliphatic heterocycles. The molecule has 0 amide bonds. The zero-order valence-electron chi connectivity index (χ0n) is 31.2. The van der Waals surface area contributed by atoms with Gasteiger partial charge in [0.25, 0.3) is 0 Å². The van der Waals surface area contributed by atoms with Gasteiger partial charge in [-0.1, -0.05) is 199 Å². The van der Waals surface area contributed by atoms with E-state index in [1.807, 2.05) is 36.4 Å². The summed E-state index contributed by atoms with van der Waals surface area (Å²) in [5.74, 6) is 0. The van der Waals surface area contributed by atoms with E-state index in [9.17, 15) is 0 Å². The number of nitrogens with zero attached hydrogens (tertiary/aromatic N) is 1. The number of fused-ring (bicyclic) bond motifs is 2. The van der Waals surface area contributed by atoms with Crippen LogP contribution in [0.15, 0.2) is 218 Å². The second kappa shape index (κ2) is 17.2. The van der Waals surface area contributed by atoms with E-state index in [1.165, 1.54) is 60.5 Å². The smallest absolute Gasteiger partial charge is 0.0468 e. The minimum absolute atomic E-state index is 1.13. The molecule has 0 aromatic heterocycles. The summed E-state index contributed by atoms with van der Waals surface area (Å²) in [5, 5.41) is 5.06. The summed E-state index contributed by atoms with van der Waals surface area (Å²) in [6.45, 7) is 6.35. The summed E-state index contributed by atoms with van der Waals surface area (Å²) in [6.07, 6.45) is 0. The lowest BCUT2D eigenvalue weighted by Gasteiger charge is -2.27. The first-order valence-corrected chi connectivity index (χ1v) is 18.6. The van der Waals surface area contributed by atoms with Crippen LogP contribution in [0.1, 0.15) is 16.7 Å². The molecule has 0 unspecified atom stereocenters. The Balaban J connectivity index is 0.000000269. The minimum atomic E-state index is 1.13. The molecule has 0 saturated heterocycles. The Morgan fingerprint density at radius 2 is 0.611 bits per heavy atom. The van der Waals surface area contributed by atoms with Crippen molar-refractivity contribution >= 4 is 38.6 Å². The van der Waals surface area contributed by atoms with Crippen LogP contribution >= 0.6 is 0 Å². The van der Waals surface area contributed by atoms with E-state index in [0.29, 0.717) is 0 Å². The number of anilines is 3. The molecule has 0 N–H and O–H groups in total. The third-order valence-corrected chi connectivity index (χ3v) is 9.55. The number of aryl methyl sites for hydroxylation is 3. The lowest BCUT2D eigenvalue weighted by molar-refractivity contribution is 1.29. The van der Waals surface area contributed by atoms with Gasteiger partial charge in [0.2, 0.25) is 0 Å². The Hall–Kier alpha value is -6.70. The largest absolute Gasteiger partial charge is 0.310 e. The van der Waals surface area contributed by atoms with Crippen molar-refractivity contribution in [1.82, 2.24) is 0 Å². The van der Waals surface area contributed by atoms with Crippen LogP contribution in [-0.4, -0.2) is 0 Å². The molecule has 9 aromatic rings. The maximum absolute atomic E-state index is 2.38. The summed E-state index contributed by atoms with van der Waals surface area (Å²) >= 11 is 0. The first-order chi connectivity index (χ1) is 26.6. The van der Waals surface area contributed by atoms with Gasteiger partial charge in [0.05, 0.1) is 0 Å². The van der Waals surface area contributed by atoms with Crippen molar-refractivity contribution in [2.24, 2.45) is 0 Å². The first-order valence-electron chi connectivity index (χ1n) is 18.6. The summed E-state index contributed by atoms with van der Waals surface area (Å²) < 4.78 is 0. The van der Waals surface area contributed by atoms with Gasteiger partial charge < -0.3 is 4.90 Å². The zero-order chi connectivity index (χ0) is 37.1. The summed E-state index contributed by atoms with van der Waals surface area (Å²) in [6, 6.07) is 77.3. The number of para-hydroxylation sites is 2. The van der Waals surface area contributed by atoms with Crippen molar-refractivity contribution in [2.45, 2.75) is 20.8 Å². The third kappa shape index (κ3) is 8.33. The van der Waals surface area contributed by atoms with E-state index in [0.717, 1.165) is 17.1 Å². The predicted molar refractivity (Wildman–Crippen MR) is 234 cm³/mol. The van der Waals surface area contributed by atoms with E-state index in [1.54, 1.807) is 0 Å². The van der Waals surface area contributed by atoms with Crippen LogP contribution in [0, 0.1) is 20.8 Å². The molecular formula is C53H45N. The molecule has 0 bridgehead atoms. The standard InChI is InChI=1S/C39H29N.2C7H8/c1-28-22-24-34-36(26-28)38(29-14-6-2-7-15-29)35-25-23-33(27-37(35)39(34)30-16-8-3-9-17-30)40(31-18-10-4-11-19-31)32-20-12-5-13-21-32;2*1-7-5-3-2-4-6-7/h2-27H,1H3;2*2-6H,1H3. The Bertz CT molecular complexity index is 2450. The highest BCUT2D eigenvalue weighted by Crippen LogP contribution is 2.46. The van der Waals surface area contributed by atoms with Gasteiger partial charge in [0.1, 0.15) is 0 Å².